The monoisotopic (exact) mass is 222 g/mol. The van der Waals surface area contributed by atoms with Crippen LogP contribution in [0.2, 0.25) is 0 Å². The minimum Gasteiger partial charge on any atom is -0.0877 e. The van der Waals surface area contributed by atoms with Crippen LogP contribution in [0.3, 0.4) is 0 Å². The van der Waals surface area contributed by atoms with Crippen molar-refractivity contribution in [2.75, 3.05) is 0 Å². The third kappa shape index (κ3) is 10.0. The zero-order chi connectivity index (χ0) is 12.1. The Labute approximate surface area is 103 Å². The van der Waals surface area contributed by atoms with Crippen LogP contribution >= 0.6 is 0 Å². The molecule has 0 unspecified atom stereocenters. The minimum atomic E-state index is 1.31. The predicted octanol–water partition coefficient (Wildman–Crippen LogP) is 6.04. The first-order chi connectivity index (χ1) is 7.85. The summed E-state index contributed by atoms with van der Waals surface area (Å²) in [5, 5.41) is 0. The number of hydrogen-bond acceptors (Lipinski definition) is 0. The molecule has 16 heavy (non-hydrogen) atoms. The van der Waals surface area contributed by atoms with Crippen molar-refractivity contribution in [1.82, 2.24) is 0 Å². The number of hydrogen-bond donors (Lipinski definition) is 0. The molecule has 94 valence electrons. The summed E-state index contributed by atoms with van der Waals surface area (Å²) in [6, 6.07) is 0. The second-order valence-corrected chi connectivity index (χ2v) is 4.62. The van der Waals surface area contributed by atoms with Crippen LogP contribution in [0.5, 0.6) is 0 Å². The van der Waals surface area contributed by atoms with Crippen molar-refractivity contribution in [2.45, 2.75) is 78.6 Å². The van der Waals surface area contributed by atoms with Crippen LogP contribution in [0, 0.1) is 0 Å². The first-order valence-corrected chi connectivity index (χ1v) is 7.15. The average Bonchev–Trinajstić information content (AvgIpc) is 2.31. The van der Waals surface area contributed by atoms with Gasteiger partial charge >= 0.3 is 0 Å². The molecule has 0 rings (SSSR count). The van der Waals surface area contributed by atoms with Gasteiger partial charge in [0.2, 0.25) is 0 Å². The van der Waals surface area contributed by atoms with Crippen molar-refractivity contribution in [3.8, 4) is 0 Å². The molecule has 0 atom stereocenters. The second kappa shape index (κ2) is 12.5. The van der Waals surface area contributed by atoms with E-state index in [9.17, 15) is 0 Å². The van der Waals surface area contributed by atoms with Gasteiger partial charge in [-0.2, -0.15) is 0 Å². The van der Waals surface area contributed by atoms with Gasteiger partial charge in [0.05, 0.1) is 0 Å². The molecular formula is C16H30. The first-order valence-electron chi connectivity index (χ1n) is 7.15. The Bertz CT molecular complexity index is 186. The Kier molecular flexibility index (Phi) is 12.1. The van der Waals surface area contributed by atoms with Gasteiger partial charge in [-0.15, -0.1) is 0 Å². The molecule has 0 nitrogen and oxygen atoms in total. The van der Waals surface area contributed by atoms with Crippen molar-refractivity contribution in [3.05, 3.63) is 23.8 Å². The third-order valence-corrected chi connectivity index (χ3v) is 2.98. The molecule has 0 fully saturated rings. The Morgan fingerprint density at radius 3 is 1.94 bits per heavy atom. The van der Waals surface area contributed by atoms with E-state index in [2.05, 4.69) is 39.0 Å². The third-order valence-electron chi connectivity index (χ3n) is 2.98. The average molecular weight is 222 g/mol. The molecule has 0 radical (unpaired) electrons. The Balaban J connectivity index is 3.81. The van der Waals surface area contributed by atoms with Gasteiger partial charge in [0, 0.05) is 0 Å². The highest BCUT2D eigenvalue weighted by molar-refractivity contribution is 5.12. The summed E-state index contributed by atoms with van der Waals surface area (Å²) in [6.45, 7) is 6.64. The van der Waals surface area contributed by atoms with Gasteiger partial charge in [-0.3, -0.25) is 0 Å². The van der Waals surface area contributed by atoms with Crippen LogP contribution in [0.15, 0.2) is 23.8 Å². The number of unbranched alkanes of at least 4 members (excludes halogenated alkanes) is 5. The van der Waals surface area contributed by atoms with Gasteiger partial charge in [-0.05, 0) is 32.6 Å². The quantitative estimate of drug-likeness (QED) is 0.312. The summed E-state index contributed by atoms with van der Waals surface area (Å²) in [7, 11) is 0. The van der Waals surface area contributed by atoms with Crippen molar-refractivity contribution in [1.29, 1.82) is 0 Å². The van der Waals surface area contributed by atoms with E-state index in [0.29, 0.717) is 0 Å². The van der Waals surface area contributed by atoms with Crippen LogP contribution in [0.1, 0.15) is 78.6 Å². The van der Waals surface area contributed by atoms with Crippen molar-refractivity contribution < 1.29 is 0 Å². The molecule has 0 amide bonds. The predicted molar refractivity (Wildman–Crippen MR) is 75.8 cm³/mol. The molecule has 0 aliphatic rings. The lowest BCUT2D eigenvalue weighted by atomic mass is 10.0. The largest absolute Gasteiger partial charge is 0.0877 e. The topological polar surface area (TPSA) is 0 Å². The second-order valence-electron chi connectivity index (χ2n) is 4.62. The summed E-state index contributed by atoms with van der Waals surface area (Å²) >= 11 is 0. The fraction of sp³-hybridized carbons (Fsp3) is 0.750. The highest BCUT2D eigenvalue weighted by Gasteiger charge is 1.97. The van der Waals surface area contributed by atoms with E-state index in [1.165, 1.54) is 57.8 Å². The number of allylic oxidation sites excluding steroid dienone is 4. The van der Waals surface area contributed by atoms with Crippen LogP contribution in [0.4, 0.5) is 0 Å². The van der Waals surface area contributed by atoms with Gasteiger partial charge < -0.3 is 0 Å². The van der Waals surface area contributed by atoms with E-state index in [1.54, 1.807) is 5.57 Å². The first kappa shape index (κ1) is 15.5. The smallest absolute Gasteiger partial charge is 0.0317 e. The molecule has 0 N–H and O–H groups in total. The van der Waals surface area contributed by atoms with E-state index in [-0.39, 0.29) is 0 Å². The lowest BCUT2D eigenvalue weighted by molar-refractivity contribution is 0.637. The summed E-state index contributed by atoms with van der Waals surface area (Å²) in [4.78, 5) is 0. The molecule has 0 heteroatoms. The summed E-state index contributed by atoms with van der Waals surface area (Å²) in [5.74, 6) is 0. The molecule has 0 aromatic carbocycles. The maximum Gasteiger partial charge on any atom is -0.0317 e. The van der Waals surface area contributed by atoms with Crippen LogP contribution in [0.25, 0.3) is 0 Å². The van der Waals surface area contributed by atoms with E-state index < -0.39 is 0 Å². The molecular weight excluding hydrogens is 192 g/mol. The van der Waals surface area contributed by atoms with Crippen LogP contribution in [-0.2, 0) is 0 Å². The van der Waals surface area contributed by atoms with E-state index in [0.717, 1.165) is 0 Å². The van der Waals surface area contributed by atoms with Crippen molar-refractivity contribution >= 4 is 0 Å². The number of rotatable bonds is 10. The lowest BCUT2D eigenvalue weighted by Gasteiger charge is -2.06. The summed E-state index contributed by atoms with van der Waals surface area (Å²) < 4.78 is 0. The Morgan fingerprint density at radius 2 is 1.38 bits per heavy atom. The van der Waals surface area contributed by atoms with E-state index in [4.69, 9.17) is 0 Å². The fourth-order valence-electron chi connectivity index (χ4n) is 1.90. The molecule has 0 aromatic heterocycles. The standard InChI is InChI=1S/C16H30/c1-4-7-10-12-15-16(13-9-6-3)14-11-8-5-2/h6,9,13H,4-5,7-8,10-12,14-15H2,1-3H3. The zero-order valence-electron chi connectivity index (χ0n) is 11.6. The maximum atomic E-state index is 2.33. The van der Waals surface area contributed by atoms with Crippen molar-refractivity contribution in [3.63, 3.8) is 0 Å². The Hall–Kier alpha value is -0.520. The summed E-state index contributed by atoms with van der Waals surface area (Å²) in [5.41, 5.74) is 1.66. The molecule has 0 saturated heterocycles. The van der Waals surface area contributed by atoms with Gasteiger partial charge in [-0.25, -0.2) is 0 Å². The fourth-order valence-corrected chi connectivity index (χ4v) is 1.90. The minimum absolute atomic E-state index is 1.31. The summed E-state index contributed by atoms with van der Waals surface area (Å²) in [6.07, 6.45) is 18.9. The highest BCUT2D eigenvalue weighted by atomic mass is 14.0. The van der Waals surface area contributed by atoms with Gasteiger partial charge in [0.1, 0.15) is 0 Å². The zero-order valence-corrected chi connectivity index (χ0v) is 11.6. The Morgan fingerprint density at radius 1 is 0.812 bits per heavy atom. The molecule has 0 spiro atoms. The molecule has 0 aliphatic carbocycles. The van der Waals surface area contributed by atoms with E-state index in [1.807, 2.05) is 0 Å². The molecule has 0 bridgehead atoms. The molecule has 0 saturated carbocycles. The molecule has 0 aromatic rings. The highest BCUT2D eigenvalue weighted by Crippen LogP contribution is 2.17. The molecule has 0 heterocycles. The van der Waals surface area contributed by atoms with Gasteiger partial charge in [-0.1, -0.05) is 69.8 Å². The SMILES string of the molecule is CC=CC=C(CCCCC)CCCCCC. The normalized spacial score (nSPS) is 12.6. The molecule has 0 aliphatic heterocycles. The van der Waals surface area contributed by atoms with E-state index >= 15 is 0 Å². The van der Waals surface area contributed by atoms with Gasteiger partial charge in [0.15, 0.2) is 0 Å². The maximum absolute atomic E-state index is 2.33. The van der Waals surface area contributed by atoms with Crippen LogP contribution < -0.4 is 0 Å². The van der Waals surface area contributed by atoms with Crippen LogP contribution in [-0.4, -0.2) is 0 Å². The van der Waals surface area contributed by atoms with Crippen molar-refractivity contribution in [2.24, 2.45) is 0 Å². The lowest BCUT2D eigenvalue weighted by Crippen LogP contribution is -1.86. The van der Waals surface area contributed by atoms with Gasteiger partial charge in [0.25, 0.3) is 0 Å².